The molecular formula is C13H17NO. The molecule has 0 spiro atoms. The molecule has 1 aromatic rings. The third-order valence-electron chi connectivity index (χ3n) is 3.55. The molecule has 2 nitrogen and oxygen atoms in total. The molecule has 1 fully saturated rings. The summed E-state index contributed by atoms with van der Waals surface area (Å²) in [5, 5.41) is 3.58. The van der Waals surface area contributed by atoms with Gasteiger partial charge in [-0.05, 0) is 30.4 Å². The molecule has 1 heterocycles. The molecule has 2 heteroatoms. The maximum atomic E-state index is 5.83. The van der Waals surface area contributed by atoms with Gasteiger partial charge in [0.1, 0.15) is 0 Å². The van der Waals surface area contributed by atoms with Gasteiger partial charge in [0.25, 0.3) is 0 Å². The molecule has 80 valence electrons. The van der Waals surface area contributed by atoms with Crippen LogP contribution in [-0.4, -0.2) is 25.3 Å². The molecule has 0 aromatic heterocycles. The number of rotatable bonds is 0. The summed E-state index contributed by atoms with van der Waals surface area (Å²) < 4.78 is 5.83. The van der Waals surface area contributed by atoms with E-state index in [2.05, 4.69) is 29.6 Å². The average molecular weight is 203 g/mol. The van der Waals surface area contributed by atoms with E-state index in [1.54, 1.807) is 0 Å². The van der Waals surface area contributed by atoms with E-state index in [-0.39, 0.29) is 0 Å². The van der Waals surface area contributed by atoms with E-state index in [0.29, 0.717) is 12.1 Å². The van der Waals surface area contributed by atoms with Crippen molar-refractivity contribution >= 4 is 0 Å². The van der Waals surface area contributed by atoms with Crippen molar-refractivity contribution < 1.29 is 4.74 Å². The molecule has 1 aromatic carbocycles. The molecular weight excluding hydrogens is 186 g/mol. The number of hydrogen-bond acceptors (Lipinski definition) is 2. The van der Waals surface area contributed by atoms with Crippen LogP contribution in [0.5, 0.6) is 0 Å². The van der Waals surface area contributed by atoms with Crippen LogP contribution >= 0.6 is 0 Å². The lowest BCUT2D eigenvalue weighted by atomic mass is 10.0. The summed E-state index contributed by atoms with van der Waals surface area (Å²) in [6.45, 7) is 1.88. The van der Waals surface area contributed by atoms with Crippen LogP contribution in [0.15, 0.2) is 24.3 Å². The minimum Gasteiger partial charge on any atom is -0.375 e. The fourth-order valence-corrected chi connectivity index (χ4v) is 2.73. The number of morpholine rings is 1. The first-order valence-corrected chi connectivity index (χ1v) is 5.85. The molecule has 2 atom stereocenters. The number of ether oxygens (including phenoxy) is 1. The first-order valence-electron chi connectivity index (χ1n) is 5.85. The number of hydrogen-bond donors (Lipinski definition) is 1. The van der Waals surface area contributed by atoms with Gasteiger partial charge in [-0.3, -0.25) is 0 Å². The Balaban J connectivity index is 1.88. The quantitative estimate of drug-likeness (QED) is 0.690. The summed E-state index contributed by atoms with van der Waals surface area (Å²) in [6.07, 6.45) is 3.88. The predicted octanol–water partition coefficient (Wildman–Crippen LogP) is 1.53. The highest BCUT2D eigenvalue weighted by Gasteiger charge is 2.28. The van der Waals surface area contributed by atoms with Crippen molar-refractivity contribution in [1.29, 1.82) is 0 Å². The standard InChI is InChI=1S/C13H17NO/c1-2-4-11-9-12-13(15-8-7-14-12)6-5-10(11)3-1/h1-4,12-14H,5-9H2. The van der Waals surface area contributed by atoms with Gasteiger partial charge in [0, 0.05) is 12.6 Å². The van der Waals surface area contributed by atoms with Crippen LogP contribution in [-0.2, 0) is 17.6 Å². The maximum Gasteiger partial charge on any atom is 0.0735 e. The second-order valence-electron chi connectivity index (χ2n) is 4.48. The van der Waals surface area contributed by atoms with Gasteiger partial charge >= 0.3 is 0 Å². The van der Waals surface area contributed by atoms with E-state index in [9.17, 15) is 0 Å². The van der Waals surface area contributed by atoms with E-state index in [0.717, 1.165) is 26.0 Å². The van der Waals surface area contributed by atoms with Gasteiger partial charge in [0.15, 0.2) is 0 Å². The normalized spacial score (nSPS) is 30.1. The van der Waals surface area contributed by atoms with Crippen molar-refractivity contribution in [1.82, 2.24) is 5.32 Å². The van der Waals surface area contributed by atoms with Crippen LogP contribution in [0.25, 0.3) is 0 Å². The molecule has 0 saturated carbocycles. The van der Waals surface area contributed by atoms with Gasteiger partial charge in [-0.1, -0.05) is 24.3 Å². The summed E-state index contributed by atoms with van der Waals surface area (Å²) in [6, 6.07) is 9.33. The van der Waals surface area contributed by atoms with Gasteiger partial charge in [-0.25, -0.2) is 0 Å². The Morgan fingerprint density at radius 1 is 1.20 bits per heavy atom. The van der Waals surface area contributed by atoms with Crippen LogP contribution in [0.4, 0.5) is 0 Å². The van der Waals surface area contributed by atoms with E-state index < -0.39 is 0 Å². The summed E-state index contributed by atoms with van der Waals surface area (Å²) >= 11 is 0. The van der Waals surface area contributed by atoms with Crippen LogP contribution < -0.4 is 5.32 Å². The van der Waals surface area contributed by atoms with Gasteiger partial charge in [0.05, 0.1) is 12.7 Å². The fourth-order valence-electron chi connectivity index (χ4n) is 2.73. The highest BCUT2D eigenvalue weighted by atomic mass is 16.5. The van der Waals surface area contributed by atoms with Crippen molar-refractivity contribution in [3.8, 4) is 0 Å². The molecule has 2 aliphatic rings. The summed E-state index contributed by atoms with van der Waals surface area (Å²) in [5.41, 5.74) is 3.01. The molecule has 15 heavy (non-hydrogen) atoms. The van der Waals surface area contributed by atoms with Crippen LogP contribution in [0.3, 0.4) is 0 Å². The van der Waals surface area contributed by atoms with Crippen molar-refractivity contribution in [2.24, 2.45) is 0 Å². The molecule has 1 N–H and O–H groups in total. The minimum atomic E-state index is 0.422. The van der Waals surface area contributed by atoms with Crippen molar-refractivity contribution in [2.75, 3.05) is 13.2 Å². The third kappa shape index (κ3) is 1.80. The molecule has 1 saturated heterocycles. The Kier molecular flexibility index (Phi) is 2.47. The lowest BCUT2D eigenvalue weighted by molar-refractivity contribution is -0.00616. The summed E-state index contributed by atoms with van der Waals surface area (Å²) in [5.74, 6) is 0. The monoisotopic (exact) mass is 203 g/mol. The molecule has 0 bridgehead atoms. The Hall–Kier alpha value is -0.860. The van der Waals surface area contributed by atoms with Gasteiger partial charge in [-0.15, -0.1) is 0 Å². The Morgan fingerprint density at radius 3 is 3.00 bits per heavy atom. The average Bonchev–Trinajstić information content (AvgIpc) is 2.48. The number of aryl methyl sites for hydroxylation is 1. The molecule has 1 aliphatic heterocycles. The van der Waals surface area contributed by atoms with Gasteiger partial charge < -0.3 is 10.1 Å². The van der Waals surface area contributed by atoms with E-state index in [1.165, 1.54) is 17.5 Å². The molecule has 1 aliphatic carbocycles. The molecule has 2 unspecified atom stereocenters. The lowest BCUT2D eigenvalue weighted by Crippen LogP contribution is -2.48. The fraction of sp³-hybridized carbons (Fsp3) is 0.538. The Labute approximate surface area is 90.6 Å². The van der Waals surface area contributed by atoms with E-state index in [1.807, 2.05) is 0 Å². The highest BCUT2D eigenvalue weighted by molar-refractivity contribution is 5.29. The van der Waals surface area contributed by atoms with E-state index in [4.69, 9.17) is 4.74 Å². The SMILES string of the molecule is c1ccc2c(c1)CCC1OCCNC1C2. The number of nitrogens with one attached hydrogen (secondary N) is 1. The number of fused-ring (bicyclic) bond motifs is 2. The third-order valence-corrected chi connectivity index (χ3v) is 3.55. The second-order valence-corrected chi connectivity index (χ2v) is 4.48. The highest BCUT2D eigenvalue weighted by Crippen LogP contribution is 2.23. The zero-order valence-corrected chi connectivity index (χ0v) is 8.91. The van der Waals surface area contributed by atoms with Crippen LogP contribution in [0.1, 0.15) is 17.5 Å². The first kappa shape index (κ1) is 9.37. The van der Waals surface area contributed by atoms with Crippen molar-refractivity contribution in [3.05, 3.63) is 35.4 Å². The number of benzene rings is 1. The largest absolute Gasteiger partial charge is 0.375 e. The maximum absolute atomic E-state index is 5.83. The van der Waals surface area contributed by atoms with Crippen molar-refractivity contribution in [2.45, 2.75) is 31.4 Å². The topological polar surface area (TPSA) is 21.3 Å². The summed E-state index contributed by atoms with van der Waals surface area (Å²) in [7, 11) is 0. The summed E-state index contributed by atoms with van der Waals surface area (Å²) in [4.78, 5) is 0. The van der Waals surface area contributed by atoms with Crippen LogP contribution in [0.2, 0.25) is 0 Å². The van der Waals surface area contributed by atoms with E-state index >= 15 is 0 Å². The van der Waals surface area contributed by atoms with Gasteiger partial charge in [-0.2, -0.15) is 0 Å². The van der Waals surface area contributed by atoms with Crippen molar-refractivity contribution in [3.63, 3.8) is 0 Å². The van der Waals surface area contributed by atoms with Crippen LogP contribution in [0, 0.1) is 0 Å². The zero-order chi connectivity index (χ0) is 10.1. The molecule has 3 rings (SSSR count). The predicted molar refractivity (Wildman–Crippen MR) is 60.0 cm³/mol. The Bertz CT molecular complexity index is 350. The zero-order valence-electron chi connectivity index (χ0n) is 8.91. The van der Waals surface area contributed by atoms with Gasteiger partial charge in [0.2, 0.25) is 0 Å². The second kappa shape index (κ2) is 3.95. The first-order chi connectivity index (χ1) is 7.43. The lowest BCUT2D eigenvalue weighted by Gasteiger charge is -2.31. The molecule has 0 radical (unpaired) electrons. The smallest absolute Gasteiger partial charge is 0.0735 e. The molecule has 0 amide bonds. The Morgan fingerprint density at radius 2 is 2.07 bits per heavy atom. The minimum absolute atomic E-state index is 0.422.